The van der Waals surface area contributed by atoms with Crippen LogP contribution in [0.15, 0.2) is 12.2 Å². The Balaban J connectivity index is 3.28. The second kappa shape index (κ2) is 73.1. The van der Waals surface area contributed by atoms with Gasteiger partial charge in [0, 0.05) is 12.8 Å². The normalized spacial score (nSPS) is 12.5. The lowest BCUT2D eigenvalue weighted by Crippen LogP contribution is -2.45. The third-order valence-corrected chi connectivity index (χ3v) is 18.3. The first kappa shape index (κ1) is 81.6. The average Bonchev–Trinajstić information content (AvgIpc) is 3.49. The summed E-state index contributed by atoms with van der Waals surface area (Å²) in [4.78, 5) is 24.6. The number of hydrogen-bond acceptors (Lipinski definition) is 5. The van der Waals surface area contributed by atoms with Crippen molar-refractivity contribution in [3.8, 4) is 0 Å². The van der Waals surface area contributed by atoms with Crippen molar-refractivity contribution in [1.29, 1.82) is 0 Å². The van der Waals surface area contributed by atoms with E-state index in [9.17, 15) is 19.8 Å². The average molecular weight is 1170 g/mol. The fourth-order valence-corrected chi connectivity index (χ4v) is 12.5. The van der Waals surface area contributed by atoms with Gasteiger partial charge < -0.3 is 20.3 Å². The van der Waals surface area contributed by atoms with E-state index in [2.05, 4.69) is 31.3 Å². The van der Waals surface area contributed by atoms with E-state index >= 15 is 0 Å². The van der Waals surface area contributed by atoms with Gasteiger partial charge in [0.05, 0.1) is 25.4 Å². The standard InChI is InChI=1S/C77H151NO5/c1-3-5-7-9-11-13-15-17-42-47-51-55-59-63-67-71-77(82)83-72-68-64-60-56-52-48-44-41-39-37-35-33-31-29-27-25-23-21-19-20-22-24-26-28-30-32-34-36-38-40-43-46-50-54-58-62-66-70-76(81)78-74(73-79)75(80)69-65-61-57-53-49-45-18-16-14-12-10-8-6-4-2/h17,42,74-75,79-80H,3-16,18-41,43-73H2,1-2H3,(H,78,81)/b42-17-. The predicted molar refractivity (Wildman–Crippen MR) is 366 cm³/mol. The van der Waals surface area contributed by atoms with Crippen molar-refractivity contribution in [3.05, 3.63) is 12.2 Å². The summed E-state index contributed by atoms with van der Waals surface area (Å²) in [5.74, 6) is -0.00951. The molecule has 0 radical (unpaired) electrons. The van der Waals surface area contributed by atoms with Crippen molar-refractivity contribution in [2.24, 2.45) is 0 Å². The number of amides is 1. The van der Waals surface area contributed by atoms with Crippen LogP contribution in [0.4, 0.5) is 0 Å². The molecular formula is C77H151NO5. The molecule has 0 heterocycles. The first-order chi connectivity index (χ1) is 41.0. The van der Waals surface area contributed by atoms with Crippen molar-refractivity contribution in [1.82, 2.24) is 5.32 Å². The maximum atomic E-state index is 12.5. The Morgan fingerprint density at radius 1 is 0.325 bits per heavy atom. The topological polar surface area (TPSA) is 95.9 Å². The second-order valence-corrected chi connectivity index (χ2v) is 26.7. The monoisotopic (exact) mass is 1170 g/mol. The van der Waals surface area contributed by atoms with Crippen LogP contribution in [0.3, 0.4) is 0 Å². The van der Waals surface area contributed by atoms with Gasteiger partial charge in [-0.25, -0.2) is 0 Å². The number of hydrogen-bond donors (Lipinski definition) is 3. The van der Waals surface area contributed by atoms with E-state index in [1.807, 2.05) is 0 Å². The summed E-state index contributed by atoms with van der Waals surface area (Å²) in [7, 11) is 0. The van der Waals surface area contributed by atoms with Crippen molar-refractivity contribution >= 4 is 11.9 Å². The lowest BCUT2D eigenvalue weighted by molar-refractivity contribution is -0.143. The van der Waals surface area contributed by atoms with Crippen molar-refractivity contribution in [2.75, 3.05) is 13.2 Å². The predicted octanol–water partition coefficient (Wildman–Crippen LogP) is 25.1. The number of ether oxygens (including phenoxy) is 1. The summed E-state index contributed by atoms with van der Waals surface area (Å²) in [6, 6.07) is -0.536. The lowest BCUT2D eigenvalue weighted by atomic mass is 10.0. The van der Waals surface area contributed by atoms with Crippen molar-refractivity contribution in [3.63, 3.8) is 0 Å². The van der Waals surface area contributed by atoms with E-state index in [0.29, 0.717) is 25.9 Å². The highest BCUT2D eigenvalue weighted by Crippen LogP contribution is 2.20. The smallest absolute Gasteiger partial charge is 0.305 e. The minimum absolute atomic E-state index is 0.0164. The van der Waals surface area contributed by atoms with Crippen LogP contribution in [0.1, 0.15) is 444 Å². The number of esters is 1. The van der Waals surface area contributed by atoms with E-state index in [1.165, 1.54) is 366 Å². The Kier molecular flexibility index (Phi) is 71.8. The highest BCUT2D eigenvalue weighted by Gasteiger charge is 2.20. The zero-order valence-corrected chi connectivity index (χ0v) is 56.7. The van der Waals surface area contributed by atoms with Crippen LogP contribution in [0.5, 0.6) is 0 Å². The molecule has 0 aromatic heterocycles. The lowest BCUT2D eigenvalue weighted by Gasteiger charge is -2.22. The van der Waals surface area contributed by atoms with Crippen LogP contribution in [0.2, 0.25) is 0 Å². The summed E-state index contributed by atoms with van der Waals surface area (Å²) < 4.78 is 5.50. The Morgan fingerprint density at radius 2 is 0.566 bits per heavy atom. The van der Waals surface area contributed by atoms with Gasteiger partial charge in [-0.1, -0.05) is 392 Å². The Morgan fingerprint density at radius 3 is 0.855 bits per heavy atom. The van der Waals surface area contributed by atoms with E-state index in [1.54, 1.807) is 0 Å². The molecule has 0 saturated carbocycles. The molecule has 3 N–H and O–H groups in total. The second-order valence-electron chi connectivity index (χ2n) is 26.7. The van der Waals surface area contributed by atoms with E-state index in [0.717, 1.165) is 44.9 Å². The molecular weight excluding hydrogens is 1020 g/mol. The zero-order chi connectivity index (χ0) is 59.9. The number of carbonyl (C=O) groups excluding carboxylic acids is 2. The van der Waals surface area contributed by atoms with Crippen molar-refractivity contribution < 1.29 is 24.5 Å². The molecule has 0 aliphatic heterocycles. The Bertz CT molecular complexity index is 1260. The molecule has 0 fully saturated rings. The van der Waals surface area contributed by atoms with E-state index in [-0.39, 0.29) is 18.5 Å². The number of rotatable bonds is 73. The summed E-state index contributed by atoms with van der Waals surface area (Å²) in [5, 5.41) is 23.3. The molecule has 0 spiro atoms. The molecule has 494 valence electrons. The molecule has 2 atom stereocenters. The molecule has 1 amide bonds. The Labute approximate surface area is 520 Å². The highest BCUT2D eigenvalue weighted by atomic mass is 16.5. The van der Waals surface area contributed by atoms with Crippen LogP contribution in [0, 0.1) is 0 Å². The summed E-state index contributed by atoms with van der Waals surface area (Å²) in [5.41, 5.74) is 0. The summed E-state index contributed by atoms with van der Waals surface area (Å²) >= 11 is 0. The minimum atomic E-state index is -0.659. The van der Waals surface area contributed by atoms with Gasteiger partial charge in [0.25, 0.3) is 0 Å². The third-order valence-electron chi connectivity index (χ3n) is 18.3. The van der Waals surface area contributed by atoms with Crippen LogP contribution < -0.4 is 5.32 Å². The third kappa shape index (κ3) is 69.6. The largest absolute Gasteiger partial charge is 0.466 e. The highest BCUT2D eigenvalue weighted by molar-refractivity contribution is 5.76. The number of carbonyl (C=O) groups is 2. The zero-order valence-electron chi connectivity index (χ0n) is 56.7. The molecule has 0 aliphatic rings. The molecule has 6 heteroatoms. The van der Waals surface area contributed by atoms with E-state index < -0.39 is 12.1 Å². The van der Waals surface area contributed by atoms with Crippen LogP contribution in [-0.4, -0.2) is 47.4 Å². The number of nitrogens with one attached hydrogen (secondary N) is 1. The number of allylic oxidation sites excluding steroid dienone is 2. The van der Waals surface area contributed by atoms with E-state index in [4.69, 9.17) is 4.74 Å². The van der Waals surface area contributed by atoms with Gasteiger partial charge in [-0.3, -0.25) is 9.59 Å². The molecule has 6 nitrogen and oxygen atoms in total. The fraction of sp³-hybridized carbons (Fsp3) is 0.948. The van der Waals surface area contributed by atoms with Gasteiger partial charge in [0.15, 0.2) is 0 Å². The van der Waals surface area contributed by atoms with Gasteiger partial charge in [0.2, 0.25) is 5.91 Å². The van der Waals surface area contributed by atoms with Crippen LogP contribution in [-0.2, 0) is 14.3 Å². The number of aliphatic hydroxyl groups is 2. The van der Waals surface area contributed by atoms with Crippen molar-refractivity contribution in [2.45, 2.75) is 456 Å². The van der Waals surface area contributed by atoms with Gasteiger partial charge in [-0.2, -0.15) is 0 Å². The maximum Gasteiger partial charge on any atom is 0.305 e. The van der Waals surface area contributed by atoms with Crippen LogP contribution >= 0.6 is 0 Å². The number of aliphatic hydroxyl groups excluding tert-OH is 2. The molecule has 0 rings (SSSR count). The number of unbranched alkanes of at least 4 members (excludes halogenated alkanes) is 60. The minimum Gasteiger partial charge on any atom is -0.466 e. The molecule has 2 unspecified atom stereocenters. The first-order valence-corrected chi connectivity index (χ1v) is 38.4. The van der Waals surface area contributed by atoms with Gasteiger partial charge in [0.1, 0.15) is 0 Å². The SMILES string of the molecule is CCCCCCCC/C=C\CCCCCCCC(=O)OCCCCCCCCCCCCCCCCCCCCCCCCCCCCCCCCCCCCCCCC(=O)NC(CO)C(O)CCCCCCCCCCCCCCCC. The maximum absolute atomic E-state index is 12.5. The quantitative estimate of drug-likeness (QED) is 0.0320. The van der Waals surface area contributed by atoms with Gasteiger partial charge in [-0.05, 0) is 51.4 Å². The Hall–Kier alpha value is -1.40. The first-order valence-electron chi connectivity index (χ1n) is 38.4. The van der Waals surface area contributed by atoms with Gasteiger partial charge in [-0.15, -0.1) is 0 Å². The fourth-order valence-electron chi connectivity index (χ4n) is 12.5. The molecule has 0 bridgehead atoms. The summed E-state index contributed by atoms with van der Waals surface area (Å²) in [6.45, 7) is 4.99. The molecule has 83 heavy (non-hydrogen) atoms. The summed E-state index contributed by atoms with van der Waals surface area (Å²) in [6.07, 6.45) is 91.6. The molecule has 0 aliphatic carbocycles. The molecule has 0 aromatic carbocycles. The van der Waals surface area contributed by atoms with Gasteiger partial charge >= 0.3 is 5.97 Å². The molecule has 0 aromatic rings. The van der Waals surface area contributed by atoms with Crippen LogP contribution in [0.25, 0.3) is 0 Å². The molecule has 0 saturated heterocycles.